The first-order chi connectivity index (χ1) is 15.7. The Labute approximate surface area is 194 Å². The van der Waals surface area contributed by atoms with Crippen LogP contribution in [0, 0.1) is 0 Å². The van der Waals surface area contributed by atoms with Crippen molar-refractivity contribution in [2.24, 2.45) is 28.7 Å². The molecule has 0 bridgehead atoms. The first-order valence-corrected chi connectivity index (χ1v) is 11.4. The van der Waals surface area contributed by atoms with E-state index >= 15 is 0 Å². The number of amides is 3. The summed E-state index contributed by atoms with van der Waals surface area (Å²) in [4.78, 5) is 49.5. The van der Waals surface area contributed by atoms with E-state index in [2.05, 4.69) is 16.0 Å². The SMILES string of the molecule is NCCC[C@H](NC(=O)[C@H](CCCN)NC(=O)[C@H](CCCN)NC(=O)[C@@H](N)CCCN)C(=O)O. The Hall–Kier alpha value is -2.32. The Morgan fingerprint density at radius 2 is 0.909 bits per heavy atom. The normalized spacial score (nSPS) is 14.6. The van der Waals surface area contributed by atoms with Crippen LogP contribution in [0.1, 0.15) is 51.4 Å². The zero-order valence-electron chi connectivity index (χ0n) is 19.3. The molecule has 192 valence electrons. The van der Waals surface area contributed by atoms with E-state index in [0.29, 0.717) is 45.2 Å². The predicted octanol–water partition coefficient (Wildman–Crippen LogP) is -3.19. The van der Waals surface area contributed by atoms with Crippen molar-refractivity contribution in [1.82, 2.24) is 16.0 Å². The Balaban J connectivity index is 5.32. The third kappa shape index (κ3) is 13.1. The Kier molecular flexibility index (Phi) is 16.9. The van der Waals surface area contributed by atoms with Crippen LogP contribution in [0.15, 0.2) is 0 Å². The van der Waals surface area contributed by atoms with Crippen LogP contribution in [0.3, 0.4) is 0 Å². The van der Waals surface area contributed by atoms with Crippen molar-refractivity contribution in [3.63, 3.8) is 0 Å². The molecule has 0 radical (unpaired) electrons. The molecule has 0 aliphatic carbocycles. The van der Waals surface area contributed by atoms with E-state index in [1.54, 1.807) is 0 Å². The van der Waals surface area contributed by atoms with Crippen LogP contribution >= 0.6 is 0 Å². The summed E-state index contributed by atoms with van der Waals surface area (Å²) in [6, 6.07) is -3.93. The maximum atomic E-state index is 12.9. The molecule has 13 heteroatoms. The van der Waals surface area contributed by atoms with Gasteiger partial charge in [-0.3, -0.25) is 14.4 Å². The van der Waals surface area contributed by atoms with Crippen LogP contribution in [-0.2, 0) is 19.2 Å². The highest BCUT2D eigenvalue weighted by Crippen LogP contribution is 2.05. The summed E-state index contributed by atoms with van der Waals surface area (Å²) in [5.74, 6) is -2.94. The minimum absolute atomic E-state index is 0.158. The Morgan fingerprint density at radius 1 is 0.576 bits per heavy atom. The van der Waals surface area contributed by atoms with Gasteiger partial charge in [-0.05, 0) is 77.5 Å². The number of hydrogen-bond acceptors (Lipinski definition) is 9. The fourth-order valence-corrected chi connectivity index (χ4v) is 3.05. The van der Waals surface area contributed by atoms with Crippen LogP contribution < -0.4 is 44.6 Å². The zero-order chi connectivity index (χ0) is 25.2. The van der Waals surface area contributed by atoms with Gasteiger partial charge in [-0.1, -0.05) is 0 Å². The number of carbonyl (C=O) groups excluding carboxylic acids is 3. The second-order valence-electron chi connectivity index (χ2n) is 7.85. The maximum absolute atomic E-state index is 12.9. The highest BCUT2D eigenvalue weighted by molar-refractivity contribution is 5.94. The first-order valence-electron chi connectivity index (χ1n) is 11.4. The summed E-state index contributed by atoms with van der Waals surface area (Å²) in [5.41, 5.74) is 27.8. The quantitative estimate of drug-likeness (QED) is 0.0905. The average Bonchev–Trinajstić information content (AvgIpc) is 2.79. The molecule has 3 amide bonds. The van der Waals surface area contributed by atoms with Crippen LogP contribution in [0.2, 0.25) is 0 Å². The van der Waals surface area contributed by atoms with E-state index in [1.165, 1.54) is 0 Å². The average molecular weight is 475 g/mol. The molecule has 0 fully saturated rings. The number of carboxylic acids is 1. The second kappa shape index (κ2) is 18.1. The summed E-state index contributed by atoms with van der Waals surface area (Å²) < 4.78 is 0. The van der Waals surface area contributed by atoms with Crippen molar-refractivity contribution in [2.45, 2.75) is 75.5 Å². The lowest BCUT2D eigenvalue weighted by atomic mass is 10.1. The van der Waals surface area contributed by atoms with Gasteiger partial charge in [0.15, 0.2) is 0 Å². The standard InChI is InChI=1S/C20H42N8O5/c21-9-1-5-13(25)17(29)26-14(6-2-10-22)18(30)27-15(7-3-11-23)19(31)28-16(20(32)33)8-4-12-24/h13-16H,1-12,21-25H2,(H,26,29)(H,27,30)(H,28,31)(H,32,33)/t13-,14-,15-,16-/m0/s1. The fourth-order valence-electron chi connectivity index (χ4n) is 3.05. The molecule has 14 N–H and O–H groups in total. The van der Waals surface area contributed by atoms with E-state index in [4.69, 9.17) is 28.7 Å². The van der Waals surface area contributed by atoms with Crippen molar-refractivity contribution in [3.8, 4) is 0 Å². The number of nitrogens with one attached hydrogen (secondary N) is 3. The molecule has 0 saturated heterocycles. The van der Waals surface area contributed by atoms with Gasteiger partial charge >= 0.3 is 5.97 Å². The molecule has 0 aromatic rings. The number of carboxylic acid groups (broad SMARTS) is 1. The van der Waals surface area contributed by atoms with Crippen molar-refractivity contribution in [1.29, 1.82) is 0 Å². The van der Waals surface area contributed by atoms with E-state index in [1.807, 2.05) is 0 Å². The minimum atomic E-state index is -1.19. The van der Waals surface area contributed by atoms with Gasteiger partial charge in [0.1, 0.15) is 18.1 Å². The molecule has 0 unspecified atom stereocenters. The molecule has 0 spiro atoms. The van der Waals surface area contributed by atoms with Gasteiger partial charge in [-0.25, -0.2) is 4.79 Å². The van der Waals surface area contributed by atoms with Crippen LogP contribution in [0.5, 0.6) is 0 Å². The molecule has 33 heavy (non-hydrogen) atoms. The van der Waals surface area contributed by atoms with Crippen molar-refractivity contribution < 1.29 is 24.3 Å². The molecule has 13 nitrogen and oxygen atoms in total. The summed E-state index contributed by atoms with van der Waals surface area (Å²) in [7, 11) is 0. The van der Waals surface area contributed by atoms with Gasteiger partial charge in [0, 0.05) is 0 Å². The molecular weight excluding hydrogens is 432 g/mol. The van der Waals surface area contributed by atoms with Crippen LogP contribution in [0.4, 0.5) is 0 Å². The minimum Gasteiger partial charge on any atom is -0.480 e. The third-order valence-electron chi connectivity index (χ3n) is 5.03. The molecule has 0 rings (SSSR count). The summed E-state index contributed by atoms with van der Waals surface area (Å²) in [6.07, 6.45) is 2.82. The van der Waals surface area contributed by atoms with E-state index < -0.39 is 47.9 Å². The summed E-state index contributed by atoms with van der Waals surface area (Å²) in [5, 5.41) is 17.0. The lowest BCUT2D eigenvalue weighted by molar-refractivity contribution is -0.142. The third-order valence-corrected chi connectivity index (χ3v) is 5.03. The van der Waals surface area contributed by atoms with Gasteiger partial charge in [-0.15, -0.1) is 0 Å². The highest BCUT2D eigenvalue weighted by Gasteiger charge is 2.29. The topological polar surface area (TPSA) is 255 Å². The number of rotatable bonds is 19. The Morgan fingerprint density at radius 3 is 1.30 bits per heavy atom. The van der Waals surface area contributed by atoms with Gasteiger partial charge in [0.05, 0.1) is 6.04 Å². The molecule has 0 aliphatic rings. The van der Waals surface area contributed by atoms with Crippen LogP contribution in [0.25, 0.3) is 0 Å². The lowest BCUT2D eigenvalue weighted by Crippen LogP contribution is -2.57. The lowest BCUT2D eigenvalue weighted by Gasteiger charge is -2.25. The summed E-state index contributed by atoms with van der Waals surface area (Å²) >= 11 is 0. The first kappa shape index (κ1) is 30.7. The molecule has 0 saturated carbocycles. The Bertz CT molecular complexity index is 607. The van der Waals surface area contributed by atoms with E-state index in [-0.39, 0.29) is 32.4 Å². The zero-order valence-corrected chi connectivity index (χ0v) is 19.3. The highest BCUT2D eigenvalue weighted by atomic mass is 16.4. The van der Waals surface area contributed by atoms with Gasteiger partial charge in [0.25, 0.3) is 0 Å². The molecule has 0 aromatic carbocycles. The molecular formula is C20H42N8O5. The van der Waals surface area contributed by atoms with Gasteiger partial charge < -0.3 is 49.7 Å². The molecule has 0 heterocycles. The monoisotopic (exact) mass is 474 g/mol. The van der Waals surface area contributed by atoms with Crippen LogP contribution in [-0.4, -0.2) is 79.1 Å². The number of carbonyl (C=O) groups is 4. The van der Waals surface area contributed by atoms with Crippen molar-refractivity contribution in [2.75, 3.05) is 26.2 Å². The van der Waals surface area contributed by atoms with Crippen molar-refractivity contribution in [3.05, 3.63) is 0 Å². The van der Waals surface area contributed by atoms with E-state index in [0.717, 1.165) is 0 Å². The van der Waals surface area contributed by atoms with Crippen molar-refractivity contribution >= 4 is 23.7 Å². The molecule has 0 aromatic heterocycles. The van der Waals surface area contributed by atoms with E-state index in [9.17, 15) is 24.3 Å². The predicted molar refractivity (Wildman–Crippen MR) is 125 cm³/mol. The smallest absolute Gasteiger partial charge is 0.326 e. The number of nitrogens with two attached hydrogens (primary N) is 5. The van der Waals surface area contributed by atoms with Gasteiger partial charge in [0.2, 0.25) is 17.7 Å². The molecule has 4 atom stereocenters. The van der Waals surface area contributed by atoms with Gasteiger partial charge in [-0.2, -0.15) is 0 Å². The fraction of sp³-hybridized carbons (Fsp3) is 0.800. The number of aliphatic carboxylic acids is 1. The molecule has 0 aliphatic heterocycles. The largest absolute Gasteiger partial charge is 0.480 e. The second-order valence-corrected chi connectivity index (χ2v) is 7.85. The summed E-state index contributed by atoms with van der Waals surface area (Å²) in [6.45, 7) is 1.25. The number of hydrogen-bond donors (Lipinski definition) is 9. The maximum Gasteiger partial charge on any atom is 0.326 e.